The summed E-state index contributed by atoms with van der Waals surface area (Å²) < 4.78 is 0. The summed E-state index contributed by atoms with van der Waals surface area (Å²) in [5.41, 5.74) is 1.12. The number of nitrogens with zero attached hydrogens (tertiary/aromatic N) is 1. The first-order chi connectivity index (χ1) is 10.8. The number of hydrogen-bond acceptors (Lipinski definition) is 3. The fourth-order valence-corrected chi connectivity index (χ4v) is 2.97. The molecule has 1 aromatic rings. The second-order valence-corrected chi connectivity index (χ2v) is 7.18. The monoisotopic (exact) mass is 318 g/mol. The van der Waals surface area contributed by atoms with Crippen molar-refractivity contribution < 1.29 is 14.7 Å². The molecule has 0 unspecified atom stereocenters. The van der Waals surface area contributed by atoms with Crippen LogP contribution in [0, 0.1) is 0 Å². The minimum Gasteiger partial charge on any atom is -0.478 e. The first kappa shape index (κ1) is 17.5. The summed E-state index contributed by atoms with van der Waals surface area (Å²) in [6, 6.07) is 6.77. The van der Waals surface area contributed by atoms with Gasteiger partial charge in [0.05, 0.1) is 12.0 Å². The zero-order valence-corrected chi connectivity index (χ0v) is 14.1. The zero-order chi connectivity index (χ0) is 17.0. The van der Waals surface area contributed by atoms with Crippen LogP contribution >= 0.6 is 0 Å². The summed E-state index contributed by atoms with van der Waals surface area (Å²) in [5, 5.41) is 12.1. The van der Waals surface area contributed by atoms with Gasteiger partial charge in [-0.3, -0.25) is 9.69 Å². The summed E-state index contributed by atoms with van der Waals surface area (Å²) in [5.74, 6) is -1.01. The average Bonchev–Trinajstić information content (AvgIpc) is 2.47. The Morgan fingerprint density at radius 3 is 2.48 bits per heavy atom. The topological polar surface area (TPSA) is 69.6 Å². The highest BCUT2D eigenvalue weighted by Gasteiger charge is 2.27. The number of aromatic carboxylic acids is 1. The lowest BCUT2D eigenvalue weighted by atomic mass is 9.98. The Bertz CT molecular complexity index is 570. The first-order valence-corrected chi connectivity index (χ1v) is 8.12. The van der Waals surface area contributed by atoms with Crippen LogP contribution in [0.2, 0.25) is 0 Å². The van der Waals surface area contributed by atoms with E-state index in [9.17, 15) is 9.59 Å². The van der Waals surface area contributed by atoms with Crippen molar-refractivity contribution in [3.05, 3.63) is 35.4 Å². The number of amides is 1. The lowest BCUT2D eigenvalue weighted by Gasteiger charge is -2.41. The van der Waals surface area contributed by atoms with Crippen molar-refractivity contribution in [2.24, 2.45) is 0 Å². The zero-order valence-electron chi connectivity index (χ0n) is 14.1. The fraction of sp³-hybridized carbons (Fsp3) is 0.556. The van der Waals surface area contributed by atoms with E-state index < -0.39 is 5.97 Å². The second kappa shape index (κ2) is 7.13. The Balaban J connectivity index is 1.84. The maximum absolute atomic E-state index is 12.2. The summed E-state index contributed by atoms with van der Waals surface area (Å²) in [6.07, 6.45) is 2.14. The largest absolute Gasteiger partial charge is 0.478 e. The average molecular weight is 318 g/mol. The number of carboxylic acid groups (broad SMARTS) is 1. The fourth-order valence-electron chi connectivity index (χ4n) is 2.97. The molecule has 126 valence electrons. The molecule has 1 aliphatic rings. The van der Waals surface area contributed by atoms with E-state index in [-0.39, 0.29) is 29.5 Å². The molecule has 23 heavy (non-hydrogen) atoms. The van der Waals surface area contributed by atoms with Gasteiger partial charge in [0.1, 0.15) is 0 Å². The van der Waals surface area contributed by atoms with Crippen molar-refractivity contribution in [1.29, 1.82) is 0 Å². The van der Waals surface area contributed by atoms with Gasteiger partial charge in [-0.05, 0) is 51.3 Å². The number of hydrogen-bond donors (Lipinski definition) is 2. The van der Waals surface area contributed by atoms with Crippen LogP contribution in [0.4, 0.5) is 0 Å². The van der Waals surface area contributed by atoms with Gasteiger partial charge in [0.2, 0.25) is 5.91 Å². The van der Waals surface area contributed by atoms with Crippen molar-refractivity contribution in [3.63, 3.8) is 0 Å². The number of piperidine rings is 1. The predicted octanol–water partition coefficient (Wildman–Crippen LogP) is 2.31. The molecule has 1 aromatic carbocycles. The lowest BCUT2D eigenvalue weighted by molar-refractivity contribution is -0.121. The number of rotatable bonds is 4. The maximum Gasteiger partial charge on any atom is 0.335 e. The molecular weight excluding hydrogens is 292 g/mol. The molecule has 0 aliphatic carbocycles. The van der Waals surface area contributed by atoms with E-state index in [0.717, 1.165) is 31.5 Å². The van der Waals surface area contributed by atoms with Crippen molar-refractivity contribution in [2.75, 3.05) is 13.1 Å². The SMILES string of the molecule is CC(C)(C)N1CCC(NC(=O)Cc2cccc(C(=O)O)c2)CC1. The number of nitrogens with one attached hydrogen (secondary N) is 1. The maximum atomic E-state index is 12.2. The van der Waals surface area contributed by atoms with Crippen LogP contribution in [-0.4, -0.2) is 46.6 Å². The van der Waals surface area contributed by atoms with E-state index in [1.165, 1.54) is 6.07 Å². The normalized spacial score (nSPS) is 17.0. The second-order valence-electron chi connectivity index (χ2n) is 7.18. The van der Waals surface area contributed by atoms with Gasteiger partial charge in [0, 0.05) is 24.7 Å². The Labute approximate surface area is 137 Å². The molecule has 5 nitrogen and oxygen atoms in total. The van der Waals surface area contributed by atoms with Crippen LogP contribution in [0.15, 0.2) is 24.3 Å². The van der Waals surface area contributed by atoms with E-state index in [2.05, 4.69) is 31.0 Å². The molecule has 1 heterocycles. The molecule has 0 atom stereocenters. The number of benzene rings is 1. The van der Waals surface area contributed by atoms with Crippen LogP contribution in [-0.2, 0) is 11.2 Å². The standard InChI is InChI=1S/C18H26N2O3/c1-18(2,3)20-9-7-15(8-10-20)19-16(21)12-13-5-4-6-14(11-13)17(22)23/h4-6,11,15H,7-10,12H2,1-3H3,(H,19,21)(H,22,23). The third-order valence-corrected chi connectivity index (χ3v) is 4.35. The van der Waals surface area contributed by atoms with Crippen LogP contribution in [0.3, 0.4) is 0 Å². The van der Waals surface area contributed by atoms with Gasteiger partial charge in [-0.25, -0.2) is 4.79 Å². The molecule has 0 saturated carbocycles. The third-order valence-electron chi connectivity index (χ3n) is 4.35. The lowest BCUT2D eigenvalue weighted by Crippen LogP contribution is -2.51. The van der Waals surface area contributed by atoms with Crippen LogP contribution in [0.25, 0.3) is 0 Å². The predicted molar refractivity (Wildman–Crippen MR) is 89.6 cm³/mol. The molecule has 2 rings (SSSR count). The van der Waals surface area contributed by atoms with Crippen LogP contribution in [0.1, 0.15) is 49.5 Å². The van der Waals surface area contributed by atoms with Crippen molar-refractivity contribution in [2.45, 2.75) is 51.6 Å². The molecule has 1 saturated heterocycles. The van der Waals surface area contributed by atoms with Crippen LogP contribution < -0.4 is 5.32 Å². The summed E-state index contributed by atoms with van der Waals surface area (Å²) in [6.45, 7) is 8.61. The minimum atomic E-state index is -0.971. The van der Waals surface area contributed by atoms with Gasteiger partial charge >= 0.3 is 5.97 Å². The summed E-state index contributed by atoms with van der Waals surface area (Å²) in [7, 11) is 0. The molecule has 0 radical (unpaired) electrons. The van der Waals surface area contributed by atoms with Crippen molar-refractivity contribution in [1.82, 2.24) is 10.2 Å². The Morgan fingerprint density at radius 1 is 1.26 bits per heavy atom. The molecule has 1 fully saturated rings. The van der Waals surface area contributed by atoms with E-state index in [1.54, 1.807) is 18.2 Å². The molecule has 2 N–H and O–H groups in total. The number of carbonyl (C=O) groups excluding carboxylic acids is 1. The molecule has 0 bridgehead atoms. The molecular formula is C18H26N2O3. The number of carbonyl (C=O) groups is 2. The van der Waals surface area contributed by atoms with Gasteiger partial charge in [-0.15, -0.1) is 0 Å². The Kier molecular flexibility index (Phi) is 5.42. The van der Waals surface area contributed by atoms with Gasteiger partial charge < -0.3 is 10.4 Å². The minimum absolute atomic E-state index is 0.0400. The molecule has 5 heteroatoms. The van der Waals surface area contributed by atoms with Gasteiger partial charge in [-0.1, -0.05) is 12.1 Å². The van der Waals surface area contributed by atoms with E-state index >= 15 is 0 Å². The van der Waals surface area contributed by atoms with Gasteiger partial charge in [0.25, 0.3) is 0 Å². The first-order valence-electron chi connectivity index (χ1n) is 8.12. The van der Waals surface area contributed by atoms with Crippen LogP contribution in [0.5, 0.6) is 0 Å². The van der Waals surface area contributed by atoms with Gasteiger partial charge in [-0.2, -0.15) is 0 Å². The highest BCUT2D eigenvalue weighted by Crippen LogP contribution is 2.20. The molecule has 0 spiro atoms. The van der Waals surface area contributed by atoms with E-state index in [4.69, 9.17) is 5.11 Å². The highest BCUT2D eigenvalue weighted by atomic mass is 16.4. The Morgan fingerprint density at radius 2 is 1.91 bits per heavy atom. The quantitative estimate of drug-likeness (QED) is 0.894. The van der Waals surface area contributed by atoms with Crippen molar-refractivity contribution in [3.8, 4) is 0 Å². The van der Waals surface area contributed by atoms with E-state index in [0.29, 0.717) is 0 Å². The molecule has 1 amide bonds. The number of carboxylic acids is 1. The van der Waals surface area contributed by atoms with Crippen molar-refractivity contribution >= 4 is 11.9 Å². The third kappa shape index (κ3) is 5.06. The Hall–Kier alpha value is -1.88. The van der Waals surface area contributed by atoms with Gasteiger partial charge in [0.15, 0.2) is 0 Å². The summed E-state index contributed by atoms with van der Waals surface area (Å²) >= 11 is 0. The summed E-state index contributed by atoms with van der Waals surface area (Å²) in [4.78, 5) is 25.6. The molecule has 1 aliphatic heterocycles. The number of likely N-dealkylation sites (tertiary alicyclic amines) is 1. The molecule has 0 aromatic heterocycles. The highest BCUT2D eigenvalue weighted by molar-refractivity contribution is 5.88. The van der Waals surface area contributed by atoms with E-state index in [1.807, 2.05) is 0 Å². The smallest absolute Gasteiger partial charge is 0.335 e.